The Morgan fingerprint density at radius 3 is 2.87 bits per heavy atom. The molecule has 23 heavy (non-hydrogen) atoms. The number of nitrogens with zero attached hydrogens (tertiary/aromatic N) is 4. The summed E-state index contributed by atoms with van der Waals surface area (Å²) in [6, 6.07) is -0.319. The van der Waals surface area contributed by atoms with Crippen molar-refractivity contribution in [2.24, 2.45) is 0 Å². The molecule has 3 heterocycles. The van der Waals surface area contributed by atoms with Crippen LogP contribution in [0, 0.1) is 0 Å². The average molecular weight is 340 g/mol. The molecule has 1 aromatic heterocycles. The van der Waals surface area contributed by atoms with E-state index in [1.165, 1.54) is 0 Å². The van der Waals surface area contributed by atoms with Crippen LogP contribution in [0.4, 0.5) is 0 Å². The van der Waals surface area contributed by atoms with Gasteiger partial charge in [0.1, 0.15) is 6.04 Å². The minimum Gasteiger partial charge on any atom is -0.344 e. The number of aromatic nitrogens is 2. The molecule has 1 unspecified atom stereocenters. The first-order valence-corrected chi connectivity index (χ1v) is 8.48. The Balaban J connectivity index is 1.47. The maximum Gasteiger partial charge on any atom is 0.245 e. The van der Waals surface area contributed by atoms with Gasteiger partial charge in [-0.1, -0.05) is 11.6 Å². The monoisotopic (exact) mass is 339 g/mol. The molecule has 0 saturated carbocycles. The smallest absolute Gasteiger partial charge is 0.245 e. The zero-order valence-corrected chi connectivity index (χ0v) is 13.8. The van der Waals surface area contributed by atoms with E-state index in [2.05, 4.69) is 15.3 Å². The van der Waals surface area contributed by atoms with Gasteiger partial charge in [-0.3, -0.25) is 19.2 Å². The van der Waals surface area contributed by atoms with E-state index in [0.29, 0.717) is 24.4 Å². The van der Waals surface area contributed by atoms with Crippen molar-refractivity contribution >= 4 is 23.4 Å². The highest BCUT2D eigenvalue weighted by atomic mass is 35.5. The first kappa shape index (κ1) is 16.3. The van der Waals surface area contributed by atoms with Crippen molar-refractivity contribution in [3.8, 4) is 0 Å². The minimum absolute atomic E-state index is 0.0160. The summed E-state index contributed by atoms with van der Waals surface area (Å²) in [5, 5.41) is 7.59. The number of carbonyl (C=O) groups excluding carboxylic acids is 2. The number of hydrogen-bond donors (Lipinski definition) is 1. The third-order valence-corrected chi connectivity index (χ3v) is 4.64. The molecule has 1 aromatic rings. The molecule has 0 spiro atoms. The summed E-state index contributed by atoms with van der Waals surface area (Å²) in [6.45, 7) is 4.97. The highest BCUT2D eigenvalue weighted by Gasteiger charge is 2.31. The lowest BCUT2D eigenvalue weighted by atomic mass is 10.2. The number of hydrogen-bond acceptors (Lipinski definition) is 4. The van der Waals surface area contributed by atoms with E-state index in [9.17, 15) is 9.59 Å². The Bertz CT molecular complexity index is 576. The first-order chi connectivity index (χ1) is 11.1. The van der Waals surface area contributed by atoms with Crippen LogP contribution in [0.1, 0.15) is 19.3 Å². The Labute approximate surface area is 140 Å². The third-order valence-electron chi connectivity index (χ3n) is 4.44. The molecule has 126 valence electrons. The van der Waals surface area contributed by atoms with Crippen LogP contribution < -0.4 is 5.32 Å². The lowest BCUT2D eigenvalue weighted by Gasteiger charge is -2.24. The van der Waals surface area contributed by atoms with Crippen molar-refractivity contribution < 1.29 is 9.59 Å². The molecule has 3 rings (SSSR count). The molecule has 0 bridgehead atoms. The normalized spacial score (nSPS) is 22.9. The van der Waals surface area contributed by atoms with Crippen LogP contribution in [-0.4, -0.2) is 70.2 Å². The Morgan fingerprint density at radius 2 is 2.17 bits per heavy atom. The van der Waals surface area contributed by atoms with Gasteiger partial charge in [0.25, 0.3) is 0 Å². The van der Waals surface area contributed by atoms with Crippen molar-refractivity contribution in [1.29, 1.82) is 0 Å². The number of rotatable bonds is 4. The molecule has 1 atom stereocenters. The van der Waals surface area contributed by atoms with E-state index >= 15 is 0 Å². The third kappa shape index (κ3) is 4.23. The van der Waals surface area contributed by atoms with Crippen molar-refractivity contribution in [1.82, 2.24) is 24.9 Å². The van der Waals surface area contributed by atoms with E-state index in [4.69, 9.17) is 11.6 Å². The summed E-state index contributed by atoms with van der Waals surface area (Å²) in [5.74, 6) is 0.0502. The second-order valence-electron chi connectivity index (χ2n) is 6.10. The van der Waals surface area contributed by atoms with Crippen molar-refractivity contribution in [3.63, 3.8) is 0 Å². The Morgan fingerprint density at radius 1 is 1.30 bits per heavy atom. The summed E-state index contributed by atoms with van der Waals surface area (Å²) >= 11 is 5.86. The topological polar surface area (TPSA) is 70.5 Å². The van der Waals surface area contributed by atoms with Gasteiger partial charge in [-0.2, -0.15) is 5.10 Å². The zero-order valence-electron chi connectivity index (χ0n) is 13.1. The van der Waals surface area contributed by atoms with Gasteiger partial charge < -0.3 is 10.2 Å². The van der Waals surface area contributed by atoms with Crippen LogP contribution in [0.15, 0.2) is 12.4 Å². The second kappa shape index (κ2) is 7.31. The molecular formula is C15H22ClN5O2. The maximum atomic E-state index is 12.5. The average Bonchev–Trinajstić information content (AvgIpc) is 3.07. The molecule has 8 heteroatoms. The molecular weight excluding hydrogens is 318 g/mol. The van der Waals surface area contributed by atoms with Gasteiger partial charge in [0.15, 0.2) is 0 Å². The van der Waals surface area contributed by atoms with Crippen LogP contribution in [0.2, 0.25) is 5.02 Å². The second-order valence-corrected chi connectivity index (χ2v) is 6.54. The number of nitrogens with one attached hydrogen (secondary N) is 1. The fourth-order valence-corrected chi connectivity index (χ4v) is 3.30. The molecule has 2 aliphatic rings. The predicted molar refractivity (Wildman–Crippen MR) is 86.0 cm³/mol. The fourth-order valence-electron chi connectivity index (χ4n) is 3.14. The van der Waals surface area contributed by atoms with Gasteiger partial charge >= 0.3 is 0 Å². The van der Waals surface area contributed by atoms with E-state index in [-0.39, 0.29) is 17.9 Å². The SMILES string of the molecule is O=C1CCC(C(=O)N2CCCN(CCn3cc(Cl)cn3)CC2)N1. The summed E-state index contributed by atoms with van der Waals surface area (Å²) < 4.78 is 1.84. The number of halogens is 1. The molecule has 0 aromatic carbocycles. The summed E-state index contributed by atoms with van der Waals surface area (Å²) in [6.07, 6.45) is 5.49. The van der Waals surface area contributed by atoms with Crippen LogP contribution >= 0.6 is 11.6 Å². The van der Waals surface area contributed by atoms with Gasteiger partial charge in [0.2, 0.25) is 11.8 Å². The predicted octanol–water partition coefficient (Wildman–Crippen LogP) is 0.349. The summed E-state index contributed by atoms with van der Waals surface area (Å²) in [4.78, 5) is 28.0. The zero-order chi connectivity index (χ0) is 16.2. The maximum absolute atomic E-state index is 12.5. The molecule has 1 N–H and O–H groups in total. The fraction of sp³-hybridized carbons (Fsp3) is 0.667. The van der Waals surface area contributed by atoms with Crippen molar-refractivity contribution in [2.45, 2.75) is 31.8 Å². The van der Waals surface area contributed by atoms with Crippen LogP contribution in [0.5, 0.6) is 0 Å². The van der Waals surface area contributed by atoms with E-state index < -0.39 is 0 Å². The minimum atomic E-state index is -0.319. The number of amides is 2. The van der Waals surface area contributed by atoms with Crippen LogP contribution in [0.25, 0.3) is 0 Å². The summed E-state index contributed by atoms with van der Waals surface area (Å²) in [5.41, 5.74) is 0. The lowest BCUT2D eigenvalue weighted by molar-refractivity contribution is -0.134. The van der Waals surface area contributed by atoms with E-state index in [1.807, 2.05) is 15.8 Å². The first-order valence-electron chi connectivity index (χ1n) is 8.10. The van der Waals surface area contributed by atoms with Gasteiger partial charge in [-0.05, 0) is 19.4 Å². The molecule has 7 nitrogen and oxygen atoms in total. The quantitative estimate of drug-likeness (QED) is 0.859. The summed E-state index contributed by atoms with van der Waals surface area (Å²) in [7, 11) is 0. The van der Waals surface area contributed by atoms with E-state index in [0.717, 1.165) is 39.1 Å². The highest BCUT2D eigenvalue weighted by molar-refractivity contribution is 6.30. The molecule has 2 fully saturated rings. The van der Waals surface area contributed by atoms with E-state index in [1.54, 1.807) is 6.20 Å². The molecule has 0 radical (unpaired) electrons. The standard InChI is InChI=1S/C15H22ClN5O2/c16-12-10-17-21(11-12)9-7-19-4-1-5-20(8-6-19)15(23)13-2-3-14(22)18-13/h10-11,13H,1-9H2,(H,18,22). The number of carbonyl (C=O) groups is 2. The highest BCUT2D eigenvalue weighted by Crippen LogP contribution is 2.12. The largest absolute Gasteiger partial charge is 0.344 e. The van der Waals surface area contributed by atoms with Crippen LogP contribution in [0.3, 0.4) is 0 Å². The van der Waals surface area contributed by atoms with Gasteiger partial charge in [-0.15, -0.1) is 0 Å². The van der Waals surface area contributed by atoms with Gasteiger partial charge in [0, 0.05) is 38.8 Å². The molecule has 0 aliphatic carbocycles. The Hall–Kier alpha value is -1.60. The molecule has 2 saturated heterocycles. The van der Waals surface area contributed by atoms with Gasteiger partial charge in [-0.25, -0.2) is 0 Å². The lowest BCUT2D eigenvalue weighted by Crippen LogP contribution is -2.45. The van der Waals surface area contributed by atoms with Crippen LogP contribution in [-0.2, 0) is 16.1 Å². The van der Waals surface area contributed by atoms with Crippen molar-refractivity contribution in [2.75, 3.05) is 32.7 Å². The van der Waals surface area contributed by atoms with Crippen molar-refractivity contribution in [3.05, 3.63) is 17.4 Å². The molecule has 2 amide bonds. The Kier molecular flexibility index (Phi) is 5.17. The van der Waals surface area contributed by atoms with Gasteiger partial charge in [0.05, 0.1) is 17.8 Å². The molecule has 2 aliphatic heterocycles.